The molecule has 1 aromatic heterocycles. The first kappa shape index (κ1) is 9.67. The molecule has 0 saturated carbocycles. The van der Waals surface area contributed by atoms with Gasteiger partial charge in [0.15, 0.2) is 0 Å². The molecular weight excluding hydrogens is 184 g/mol. The first-order chi connectivity index (χ1) is 6.43. The lowest BCUT2D eigenvalue weighted by molar-refractivity contribution is 0.415. The number of rotatable bonds is 1. The molecule has 0 aliphatic carbocycles. The molecule has 1 aromatic carbocycles. The van der Waals surface area contributed by atoms with Gasteiger partial charge in [-0.1, -0.05) is 18.2 Å². The van der Waals surface area contributed by atoms with E-state index in [1.54, 1.807) is 18.1 Å². The average molecular weight is 194 g/mol. The third-order valence-corrected chi connectivity index (χ3v) is 1.69. The van der Waals surface area contributed by atoms with E-state index in [2.05, 4.69) is 10.2 Å². The highest BCUT2D eigenvalue weighted by atomic mass is 32.1. The third kappa shape index (κ3) is 4.22. The Morgan fingerprint density at radius 3 is 2.00 bits per heavy atom. The summed E-state index contributed by atoms with van der Waals surface area (Å²) in [5.41, 5.74) is 3.36. The lowest BCUT2D eigenvalue weighted by Gasteiger charge is -1.93. The summed E-state index contributed by atoms with van der Waals surface area (Å²) in [5.74, 6) is 0.910. The molecule has 0 bridgehead atoms. The number of aromatic nitrogens is 2. The van der Waals surface area contributed by atoms with Crippen LogP contribution in [0.5, 0.6) is 5.75 Å². The number of hydrogen-bond acceptors (Lipinski definition) is 4. The zero-order valence-corrected chi connectivity index (χ0v) is 8.07. The van der Waals surface area contributed by atoms with Gasteiger partial charge in [-0.05, 0) is 12.1 Å². The van der Waals surface area contributed by atoms with E-state index in [0.29, 0.717) is 0 Å². The van der Waals surface area contributed by atoms with Crippen LogP contribution in [0.3, 0.4) is 0 Å². The van der Waals surface area contributed by atoms with Crippen molar-refractivity contribution >= 4 is 11.3 Å². The lowest BCUT2D eigenvalue weighted by Crippen LogP contribution is -1.78. The minimum absolute atomic E-state index is 0.910. The van der Waals surface area contributed by atoms with Gasteiger partial charge in [0.2, 0.25) is 0 Å². The van der Waals surface area contributed by atoms with E-state index in [1.807, 2.05) is 30.3 Å². The topological polar surface area (TPSA) is 35.0 Å². The van der Waals surface area contributed by atoms with Crippen LogP contribution in [-0.4, -0.2) is 17.3 Å². The van der Waals surface area contributed by atoms with Crippen LogP contribution in [-0.2, 0) is 0 Å². The molecule has 1 heterocycles. The maximum absolute atomic E-state index is 4.91. The van der Waals surface area contributed by atoms with Crippen LogP contribution >= 0.6 is 11.3 Å². The van der Waals surface area contributed by atoms with E-state index in [0.717, 1.165) is 5.75 Å². The Balaban J connectivity index is 0.000000145. The second-order valence-corrected chi connectivity index (χ2v) is 2.79. The summed E-state index contributed by atoms with van der Waals surface area (Å²) >= 11 is 1.49. The summed E-state index contributed by atoms with van der Waals surface area (Å²) < 4.78 is 4.91. The van der Waals surface area contributed by atoms with Crippen LogP contribution in [0.2, 0.25) is 0 Å². The predicted octanol–water partition coefficient (Wildman–Crippen LogP) is 2.23. The normalized spacial score (nSPS) is 8.38. The van der Waals surface area contributed by atoms with Crippen LogP contribution in [0.15, 0.2) is 41.4 Å². The quantitative estimate of drug-likeness (QED) is 0.698. The van der Waals surface area contributed by atoms with Crippen molar-refractivity contribution in [3.8, 4) is 5.75 Å². The van der Waals surface area contributed by atoms with Gasteiger partial charge in [-0.15, -0.1) is 21.5 Å². The SMILES string of the molecule is COc1ccccc1.c1nncs1. The molecule has 0 spiro atoms. The molecule has 2 aromatic rings. The molecule has 0 radical (unpaired) electrons. The minimum Gasteiger partial charge on any atom is -0.497 e. The summed E-state index contributed by atoms with van der Waals surface area (Å²) in [4.78, 5) is 0. The highest BCUT2D eigenvalue weighted by molar-refractivity contribution is 7.07. The van der Waals surface area contributed by atoms with Crippen LogP contribution in [0, 0.1) is 0 Å². The van der Waals surface area contributed by atoms with Gasteiger partial charge in [-0.3, -0.25) is 0 Å². The largest absolute Gasteiger partial charge is 0.497 e. The van der Waals surface area contributed by atoms with Gasteiger partial charge in [0.1, 0.15) is 16.8 Å². The second kappa shape index (κ2) is 6.14. The molecule has 3 nitrogen and oxygen atoms in total. The summed E-state index contributed by atoms with van der Waals surface area (Å²) in [6.07, 6.45) is 0. The maximum atomic E-state index is 4.91. The molecule has 4 heteroatoms. The first-order valence-corrected chi connectivity index (χ1v) is 4.65. The van der Waals surface area contributed by atoms with Gasteiger partial charge in [0.05, 0.1) is 7.11 Å². The summed E-state index contributed by atoms with van der Waals surface area (Å²) in [5, 5.41) is 6.98. The number of para-hydroxylation sites is 1. The van der Waals surface area contributed by atoms with Crippen LogP contribution in [0.1, 0.15) is 0 Å². The molecule has 0 atom stereocenters. The molecule has 0 saturated heterocycles. The summed E-state index contributed by atoms with van der Waals surface area (Å²) in [6, 6.07) is 9.68. The van der Waals surface area contributed by atoms with Crippen molar-refractivity contribution in [2.75, 3.05) is 7.11 Å². The van der Waals surface area contributed by atoms with Crippen molar-refractivity contribution in [3.63, 3.8) is 0 Å². The van der Waals surface area contributed by atoms with Crippen LogP contribution in [0.25, 0.3) is 0 Å². The van der Waals surface area contributed by atoms with Gasteiger partial charge in [-0.25, -0.2) is 0 Å². The van der Waals surface area contributed by atoms with Gasteiger partial charge in [0.25, 0.3) is 0 Å². The van der Waals surface area contributed by atoms with Gasteiger partial charge in [-0.2, -0.15) is 0 Å². The van der Waals surface area contributed by atoms with Crippen molar-refractivity contribution in [3.05, 3.63) is 41.4 Å². The number of hydrogen-bond donors (Lipinski definition) is 0. The molecule has 0 amide bonds. The third-order valence-electron chi connectivity index (χ3n) is 1.26. The molecule has 13 heavy (non-hydrogen) atoms. The molecular formula is C9H10N2OS. The number of ether oxygens (including phenoxy) is 1. The van der Waals surface area contributed by atoms with Crippen LogP contribution < -0.4 is 4.74 Å². The molecule has 0 fully saturated rings. The number of methoxy groups -OCH3 is 1. The summed E-state index contributed by atoms with van der Waals surface area (Å²) in [7, 11) is 1.66. The lowest BCUT2D eigenvalue weighted by atomic mass is 10.3. The highest BCUT2D eigenvalue weighted by Crippen LogP contribution is 2.05. The molecule has 0 aliphatic rings. The Hall–Kier alpha value is -1.42. The van der Waals surface area contributed by atoms with E-state index >= 15 is 0 Å². The maximum Gasteiger partial charge on any atom is 0.118 e. The fraction of sp³-hybridized carbons (Fsp3) is 0.111. The number of benzene rings is 1. The van der Waals surface area contributed by atoms with Crippen molar-refractivity contribution in [1.29, 1.82) is 0 Å². The minimum atomic E-state index is 0.910. The van der Waals surface area contributed by atoms with E-state index in [-0.39, 0.29) is 0 Å². The molecule has 0 aliphatic heterocycles. The zero-order valence-electron chi connectivity index (χ0n) is 7.25. The summed E-state index contributed by atoms with van der Waals surface area (Å²) in [6.45, 7) is 0. The van der Waals surface area contributed by atoms with Crippen molar-refractivity contribution in [2.45, 2.75) is 0 Å². The highest BCUT2D eigenvalue weighted by Gasteiger charge is 1.80. The standard InChI is InChI=1S/C7H8O.C2H2N2S/c1-8-7-5-3-2-4-6-7;1-3-4-2-5-1/h2-6H,1H3;1-2H. The second-order valence-electron chi connectivity index (χ2n) is 2.10. The van der Waals surface area contributed by atoms with Gasteiger partial charge < -0.3 is 4.74 Å². The average Bonchev–Trinajstić information content (AvgIpc) is 2.77. The van der Waals surface area contributed by atoms with E-state index in [1.165, 1.54) is 11.3 Å². The van der Waals surface area contributed by atoms with Crippen molar-refractivity contribution < 1.29 is 4.74 Å². The van der Waals surface area contributed by atoms with Gasteiger partial charge in [0, 0.05) is 0 Å². The fourth-order valence-electron chi connectivity index (χ4n) is 0.693. The Labute approximate surface area is 81.0 Å². The zero-order chi connectivity index (χ0) is 9.36. The molecule has 0 N–H and O–H groups in total. The van der Waals surface area contributed by atoms with Crippen molar-refractivity contribution in [2.24, 2.45) is 0 Å². The smallest absolute Gasteiger partial charge is 0.118 e. The molecule has 0 unspecified atom stereocenters. The monoisotopic (exact) mass is 194 g/mol. The molecule has 2 rings (SSSR count). The first-order valence-electron chi connectivity index (χ1n) is 3.71. The van der Waals surface area contributed by atoms with Crippen molar-refractivity contribution in [1.82, 2.24) is 10.2 Å². The van der Waals surface area contributed by atoms with E-state index < -0.39 is 0 Å². The van der Waals surface area contributed by atoms with Crippen LogP contribution in [0.4, 0.5) is 0 Å². The van der Waals surface area contributed by atoms with E-state index in [9.17, 15) is 0 Å². The Bertz CT molecular complexity index is 279. The fourth-order valence-corrected chi connectivity index (χ4v) is 0.965. The number of nitrogens with zero attached hydrogens (tertiary/aromatic N) is 2. The Morgan fingerprint density at radius 2 is 1.69 bits per heavy atom. The Morgan fingerprint density at radius 1 is 1.08 bits per heavy atom. The Kier molecular flexibility index (Phi) is 4.56. The molecule has 68 valence electrons. The predicted molar refractivity (Wildman–Crippen MR) is 52.9 cm³/mol. The van der Waals surface area contributed by atoms with Gasteiger partial charge >= 0.3 is 0 Å². The van der Waals surface area contributed by atoms with E-state index in [4.69, 9.17) is 4.74 Å².